The summed E-state index contributed by atoms with van der Waals surface area (Å²) in [6, 6.07) is 4.64. The molecule has 1 aliphatic rings. The molecule has 2 aromatic rings. The van der Waals surface area contributed by atoms with Gasteiger partial charge in [0.25, 0.3) is 0 Å². The van der Waals surface area contributed by atoms with Crippen molar-refractivity contribution >= 4 is 17.3 Å². The molecule has 7 heteroatoms. The van der Waals surface area contributed by atoms with Crippen LogP contribution in [0.15, 0.2) is 24.3 Å². The van der Waals surface area contributed by atoms with Crippen LogP contribution in [0.5, 0.6) is 0 Å². The zero-order valence-corrected chi connectivity index (χ0v) is 13.1. The summed E-state index contributed by atoms with van der Waals surface area (Å²) >= 11 is 1.19. The Morgan fingerprint density at radius 3 is 2.52 bits per heavy atom. The maximum absolute atomic E-state index is 12.6. The Balaban J connectivity index is 1.85. The maximum Gasteiger partial charge on any atom is 0.416 e. The van der Waals surface area contributed by atoms with E-state index in [1.54, 1.807) is 6.92 Å². The van der Waals surface area contributed by atoms with E-state index in [0.29, 0.717) is 33.7 Å². The Bertz CT molecular complexity index is 718. The molecule has 0 amide bonds. The molecule has 1 aromatic heterocycles. The number of alkyl halides is 3. The number of thiazole rings is 1. The van der Waals surface area contributed by atoms with Crippen LogP contribution in [0.3, 0.4) is 0 Å². The molecular weight excluding hydrogens is 327 g/mol. The third-order valence-corrected chi connectivity index (χ3v) is 4.50. The molecule has 3 rings (SSSR count). The Labute approximate surface area is 135 Å². The van der Waals surface area contributed by atoms with E-state index in [4.69, 9.17) is 4.74 Å². The number of halogens is 3. The van der Waals surface area contributed by atoms with Gasteiger partial charge in [0.1, 0.15) is 4.88 Å². The number of aromatic nitrogens is 1. The average molecular weight is 341 g/mol. The normalized spacial score (nSPS) is 14.8. The summed E-state index contributed by atoms with van der Waals surface area (Å²) in [4.78, 5) is 16.8. The molecule has 0 atom stereocenters. The quantitative estimate of drug-likeness (QED) is 0.757. The first-order valence-corrected chi connectivity index (χ1v) is 7.98. The fourth-order valence-electron chi connectivity index (χ4n) is 2.12. The summed E-state index contributed by atoms with van der Waals surface area (Å²) in [5.41, 5.74) is 0.119. The third-order valence-electron chi connectivity index (χ3n) is 3.55. The predicted octanol–water partition coefficient (Wildman–Crippen LogP) is 4.70. The van der Waals surface area contributed by atoms with Gasteiger partial charge in [-0.3, -0.25) is 0 Å². The molecule has 1 aromatic carbocycles. The molecule has 0 aliphatic heterocycles. The molecule has 0 spiro atoms. The van der Waals surface area contributed by atoms with Gasteiger partial charge in [-0.25, -0.2) is 9.78 Å². The number of hydrogen-bond donors (Lipinski definition) is 0. The molecule has 0 radical (unpaired) electrons. The Morgan fingerprint density at radius 2 is 1.96 bits per heavy atom. The van der Waals surface area contributed by atoms with E-state index in [-0.39, 0.29) is 0 Å². The van der Waals surface area contributed by atoms with Gasteiger partial charge in [0.05, 0.1) is 22.9 Å². The molecule has 0 bridgehead atoms. The van der Waals surface area contributed by atoms with Crippen LogP contribution < -0.4 is 0 Å². The minimum atomic E-state index is -4.39. The highest BCUT2D eigenvalue weighted by Crippen LogP contribution is 2.34. The SMILES string of the molecule is Cc1nc(-c2ccc(C(F)(F)F)cc2)c(C(=O)OCC2CC2)s1. The van der Waals surface area contributed by atoms with Gasteiger partial charge in [-0.2, -0.15) is 13.2 Å². The van der Waals surface area contributed by atoms with Gasteiger partial charge in [-0.15, -0.1) is 11.3 Å². The Morgan fingerprint density at radius 1 is 1.30 bits per heavy atom. The van der Waals surface area contributed by atoms with E-state index >= 15 is 0 Å². The van der Waals surface area contributed by atoms with Gasteiger partial charge >= 0.3 is 12.1 Å². The van der Waals surface area contributed by atoms with E-state index in [9.17, 15) is 18.0 Å². The topological polar surface area (TPSA) is 39.2 Å². The molecule has 1 saturated carbocycles. The number of rotatable bonds is 4. The second-order valence-electron chi connectivity index (χ2n) is 5.53. The van der Waals surface area contributed by atoms with Gasteiger partial charge < -0.3 is 4.74 Å². The summed E-state index contributed by atoms with van der Waals surface area (Å²) < 4.78 is 43.1. The molecular formula is C16H14F3NO2S. The van der Waals surface area contributed by atoms with Crippen LogP contribution in [0, 0.1) is 12.8 Å². The fourth-order valence-corrected chi connectivity index (χ4v) is 2.96. The van der Waals surface area contributed by atoms with Gasteiger partial charge in [0.15, 0.2) is 0 Å². The number of ether oxygens (including phenoxy) is 1. The molecule has 0 saturated heterocycles. The predicted molar refractivity (Wildman–Crippen MR) is 80.3 cm³/mol. The van der Waals surface area contributed by atoms with Crippen molar-refractivity contribution in [3.8, 4) is 11.3 Å². The van der Waals surface area contributed by atoms with E-state index in [0.717, 1.165) is 25.0 Å². The van der Waals surface area contributed by atoms with Crippen molar-refractivity contribution in [3.05, 3.63) is 39.7 Å². The number of carbonyl (C=O) groups excluding carboxylic acids is 1. The highest BCUT2D eigenvalue weighted by molar-refractivity contribution is 7.14. The molecule has 1 aliphatic carbocycles. The Kier molecular flexibility index (Phi) is 4.14. The lowest BCUT2D eigenvalue weighted by atomic mass is 10.1. The van der Waals surface area contributed by atoms with Crippen molar-refractivity contribution in [2.24, 2.45) is 5.92 Å². The van der Waals surface area contributed by atoms with Gasteiger partial charge in [-0.05, 0) is 37.8 Å². The fraction of sp³-hybridized carbons (Fsp3) is 0.375. The van der Waals surface area contributed by atoms with Crippen molar-refractivity contribution in [1.82, 2.24) is 4.98 Å². The highest BCUT2D eigenvalue weighted by atomic mass is 32.1. The molecule has 3 nitrogen and oxygen atoms in total. The zero-order valence-electron chi connectivity index (χ0n) is 12.3. The number of esters is 1. The lowest BCUT2D eigenvalue weighted by Crippen LogP contribution is -2.07. The van der Waals surface area contributed by atoms with Gasteiger partial charge in [-0.1, -0.05) is 12.1 Å². The van der Waals surface area contributed by atoms with Crippen LogP contribution in [0.4, 0.5) is 13.2 Å². The number of carbonyl (C=O) groups is 1. The van der Waals surface area contributed by atoms with Crippen molar-refractivity contribution in [3.63, 3.8) is 0 Å². The minimum Gasteiger partial charge on any atom is -0.461 e. The standard InChI is InChI=1S/C16H14F3NO2S/c1-9-20-13(11-4-6-12(7-5-11)16(17,18)19)14(23-9)15(21)22-8-10-2-3-10/h4-7,10H,2-3,8H2,1H3. The molecule has 122 valence electrons. The largest absolute Gasteiger partial charge is 0.461 e. The highest BCUT2D eigenvalue weighted by Gasteiger charge is 2.30. The average Bonchev–Trinajstić information content (AvgIpc) is 3.25. The van der Waals surface area contributed by atoms with Crippen LogP contribution >= 0.6 is 11.3 Å². The van der Waals surface area contributed by atoms with E-state index < -0.39 is 17.7 Å². The summed E-state index contributed by atoms with van der Waals surface area (Å²) in [6.07, 6.45) is -2.25. The van der Waals surface area contributed by atoms with Gasteiger partial charge in [0, 0.05) is 5.56 Å². The number of hydrogen-bond acceptors (Lipinski definition) is 4. The monoisotopic (exact) mass is 341 g/mol. The van der Waals surface area contributed by atoms with Gasteiger partial charge in [0.2, 0.25) is 0 Å². The lowest BCUT2D eigenvalue weighted by molar-refractivity contribution is -0.137. The summed E-state index contributed by atoms with van der Waals surface area (Å²) in [5.74, 6) is -0.0140. The van der Waals surface area contributed by atoms with E-state index in [1.165, 1.54) is 23.5 Å². The van der Waals surface area contributed by atoms with Crippen LogP contribution in [-0.2, 0) is 10.9 Å². The third kappa shape index (κ3) is 3.72. The number of nitrogens with zero attached hydrogens (tertiary/aromatic N) is 1. The van der Waals surface area contributed by atoms with Crippen molar-refractivity contribution in [2.75, 3.05) is 6.61 Å². The summed E-state index contributed by atoms with van der Waals surface area (Å²) in [6.45, 7) is 2.14. The van der Waals surface area contributed by atoms with Crippen molar-refractivity contribution in [2.45, 2.75) is 25.9 Å². The van der Waals surface area contributed by atoms with Crippen molar-refractivity contribution in [1.29, 1.82) is 0 Å². The maximum atomic E-state index is 12.6. The van der Waals surface area contributed by atoms with Crippen LogP contribution in [0.2, 0.25) is 0 Å². The van der Waals surface area contributed by atoms with Crippen LogP contribution in [0.1, 0.15) is 33.1 Å². The smallest absolute Gasteiger partial charge is 0.416 e. The first kappa shape index (κ1) is 16.0. The Hall–Kier alpha value is -1.89. The molecule has 0 unspecified atom stereocenters. The first-order valence-electron chi connectivity index (χ1n) is 7.17. The molecule has 0 N–H and O–H groups in total. The zero-order chi connectivity index (χ0) is 16.6. The van der Waals surface area contributed by atoms with E-state index in [1.807, 2.05) is 0 Å². The second kappa shape index (κ2) is 5.96. The minimum absolute atomic E-state index is 0.336. The van der Waals surface area contributed by atoms with Crippen LogP contribution in [0.25, 0.3) is 11.3 Å². The first-order chi connectivity index (χ1) is 10.8. The van der Waals surface area contributed by atoms with Crippen LogP contribution in [-0.4, -0.2) is 17.6 Å². The number of aryl methyl sites for hydroxylation is 1. The molecule has 1 heterocycles. The van der Waals surface area contributed by atoms with E-state index in [2.05, 4.69) is 4.98 Å². The molecule has 1 fully saturated rings. The lowest BCUT2D eigenvalue weighted by Gasteiger charge is -2.07. The molecule has 23 heavy (non-hydrogen) atoms. The second-order valence-corrected chi connectivity index (χ2v) is 6.73. The summed E-state index contributed by atoms with van der Waals surface area (Å²) in [7, 11) is 0. The summed E-state index contributed by atoms with van der Waals surface area (Å²) in [5, 5.41) is 0.665. The van der Waals surface area contributed by atoms with Crippen molar-refractivity contribution < 1.29 is 22.7 Å². The number of benzene rings is 1.